The first-order chi connectivity index (χ1) is 12.0. The molecule has 3 rings (SSSR count). The van der Waals surface area contributed by atoms with Gasteiger partial charge in [0.1, 0.15) is 11.2 Å². The second-order valence-corrected chi connectivity index (χ2v) is 5.38. The van der Waals surface area contributed by atoms with Crippen LogP contribution >= 0.6 is 0 Å². The van der Waals surface area contributed by atoms with Gasteiger partial charge in [-0.05, 0) is 36.2 Å². The minimum atomic E-state index is -0.649. The molecule has 0 bridgehead atoms. The van der Waals surface area contributed by atoms with Crippen molar-refractivity contribution in [1.82, 2.24) is 4.98 Å². The number of nitro groups is 2. The quantitative estimate of drug-likeness (QED) is 0.546. The average molecular weight is 338 g/mol. The molecule has 0 saturated carbocycles. The van der Waals surface area contributed by atoms with Crippen LogP contribution in [0.15, 0.2) is 48.7 Å². The van der Waals surface area contributed by atoms with Gasteiger partial charge in [0.25, 0.3) is 5.69 Å². The number of aryl methyl sites for hydroxylation is 1. The Morgan fingerprint density at radius 1 is 1.04 bits per heavy atom. The Hall–Kier alpha value is -3.55. The molecule has 0 fully saturated rings. The lowest BCUT2D eigenvalue weighted by Gasteiger charge is -2.10. The molecule has 0 aliphatic heterocycles. The molecule has 8 nitrogen and oxygen atoms in total. The lowest BCUT2D eigenvalue weighted by Crippen LogP contribution is -2.02. The van der Waals surface area contributed by atoms with Crippen LogP contribution in [-0.4, -0.2) is 14.8 Å². The van der Waals surface area contributed by atoms with Crippen LogP contribution in [0.25, 0.3) is 10.9 Å². The summed E-state index contributed by atoms with van der Waals surface area (Å²) in [6, 6.07) is 11.5. The molecule has 0 aliphatic carbocycles. The third-order valence-corrected chi connectivity index (χ3v) is 3.87. The number of anilines is 2. The van der Waals surface area contributed by atoms with Gasteiger partial charge in [0.15, 0.2) is 0 Å². The van der Waals surface area contributed by atoms with Crippen molar-refractivity contribution in [3.63, 3.8) is 0 Å². The SMILES string of the molecule is CCc1ccc(Nc2c([N+](=O)[O-])cc([N+](=O)[O-])c3cccnc23)cc1. The Balaban J connectivity index is 2.21. The summed E-state index contributed by atoms with van der Waals surface area (Å²) in [6.45, 7) is 2.03. The van der Waals surface area contributed by atoms with Gasteiger partial charge < -0.3 is 5.32 Å². The largest absolute Gasteiger partial charge is 0.348 e. The van der Waals surface area contributed by atoms with Crippen LogP contribution in [0.5, 0.6) is 0 Å². The molecular weight excluding hydrogens is 324 g/mol. The Labute approximate surface area is 142 Å². The van der Waals surface area contributed by atoms with E-state index in [9.17, 15) is 20.2 Å². The standard InChI is InChI=1S/C17H14N4O4/c1-2-11-5-7-12(8-6-11)19-17-15(21(24)25)10-14(20(22)23)13-4-3-9-18-16(13)17/h3-10,19H,2H2,1H3. The number of nitro benzene ring substituents is 2. The monoisotopic (exact) mass is 338 g/mol. The van der Waals surface area contributed by atoms with E-state index in [1.807, 2.05) is 19.1 Å². The van der Waals surface area contributed by atoms with E-state index in [2.05, 4.69) is 10.3 Å². The van der Waals surface area contributed by atoms with Crippen molar-refractivity contribution in [2.24, 2.45) is 0 Å². The highest BCUT2D eigenvalue weighted by Gasteiger charge is 2.26. The molecule has 25 heavy (non-hydrogen) atoms. The molecule has 0 spiro atoms. The normalized spacial score (nSPS) is 10.6. The number of rotatable bonds is 5. The van der Waals surface area contributed by atoms with Crippen LogP contribution in [0, 0.1) is 20.2 Å². The molecule has 1 heterocycles. The van der Waals surface area contributed by atoms with Gasteiger partial charge in [0, 0.05) is 11.9 Å². The van der Waals surface area contributed by atoms with Crippen LogP contribution in [0.3, 0.4) is 0 Å². The Kier molecular flexibility index (Phi) is 4.25. The van der Waals surface area contributed by atoms with Crippen LogP contribution in [0.4, 0.5) is 22.7 Å². The van der Waals surface area contributed by atoms with Gasteiger partial charge >= 0.3 is 5.69 Å². The van der Waals surface area contributed by atoms with E-state index in [-0.39, 0.29) is 22.3 Å². The first-order valence-corrected chi connectivity index (χ1v) is 7.57. The van der Waals surface area contributed by atoms with Crippen molar-refractivity contribution in [2.75, 3.05) is 5.32 Å². The fourth-order valence-corrected chi connectivity index (χ4v) is 2.60. The number of non-ortho nitro benzene ring substituents is 1. The molecule has 1 N–H and O–H groups in total. The maximum atomic E-state index is 11.4. The second kappa shape index (κ2) is 6.52. The highest BCUT2D eigenvalue weighted by molar-refractivity contribution is 6.02. The van der Waals surface area contributed by atoms with Crippen molar-refractivity contribution in [3.8, 4) is 0 Å². The van der Waals surface area contributed by atoms with E-state index >= 15 is 0 Å². The zero-order valence-corrected chi connectivity index (χ0v) is 13.3. The number of hydrogen-bond acceptors (Lipinski definition) is 6. The Morgan fingerprint density at radius 3 is 2.32 bits per heavy atom. The fourth-order valence-electron chi connectivity index (χ4n) is 2.60. The number of nitrogens with zero attached hydrogens (tertiary/aromatic N) is 3. The summed E-state index contributed by atoms with van der Waals surface area (Å²) in [5.41, 5.74) is 1.35. The first kappa shape index (κ1) is 16.3. The topological polar surface area (TPSA) is 111 Å². The molecule has 0 saturated heterocycles. The number of benzene rings is 2. The van der Waals surface area contributed by atoms with Crippen LogP contribution in [0.2, 0.25) is 0 Å². The molecule has 0 aliphatic rings. The van der Waals surface area contributed by atoms with Crippen molar-refractivity contribution < 1.29 is 9.85 Å². The number of aromatic nitrogens is 1. The third kappa shape index (κ3) is 3.09. The molecule has 0 atom stereocenters. The summed E-state index contributed by atoms with van der Waals surface area (Å²) in [4.78, 5) is 25.5. The van der Waals surface area contributed by atoms with Crippen molar-refractivity contribution in [3.05, 3.63) is 74.5 Å². The van der Waals surface area contributed by atoms with Gasteiger partial charge in [-0.3, -0.25) is 25.2 Å². The number of pyridine rings is 1. The van der Waals surface area contributed by atoms with Gasteiger partial charge in [-0.25, -0.2) is 0 Å². The molecule has 1 aromatic heterocycles. The average Bonchev–Trinajstić information content (AvgIpc) is 2.62. The van der Waals surface area contributed by atoms with E-state index in [1.54, 1.807) is 18.2 Å². The van der Waals surface area contributed by atoms with Crippen molar-refractivity contribution in [1.29, 1.82) is 0 Å². The van der Waals surface area contributed by atoms with Gasteiger partial charge in [0.2, 0.25) is 0 Å². The zero-order chi connectivity index (χ0) is 18.0. The van der Waals surface area contributed by atoms with Gasteiger partial charge in [0.05, 0.1) is 21.3 Å². The van der Waals surface area contributed by atoms with E-state index in [4.69, 9.17) is 0 Å². The maximum Gasteiger partial charge on any atom is 0.301 e. The second-order valence-electron chi connectivity index (χ2n) is 5.38. The molecule has 0 unspecified atom stereocenters. The van der Waals surface area contributed by atoms with E-state index in [0.29, 0.717) is 5.69 Å². The van der Waals surface area contributed by atoms with E-state index in [0.717, 1.165) is 18.1 Å². The number of nitrogens with one attached hydrogen (secondary N) is 1. The summed E-state index contributed by atoms with van der Waals surface area (Å²) in [7, 11) is 0. The molecule has 8 heteroatoms. The lowest BCUT2D eigenvalue weighted by molar-refractivity contribution is -0.392. The number of fused-ring (bicyclic) bond motifs is 1. The highest BCUT2D eigenvalue weighted by atomic mass is 16.6. The summed E-state index contributed by atoms with van der Waals surface area (Å²) in [5.74, 6) is 0. The van der Waals surface area contributed by atoms with Crippen molar-refractivity contribution in [2.45, 2.75) is 13.3 Å². The lowest BCUT2D eigenvalue weighted by atomic mass is 10.1. The molecule has 126 valence electrons. The number of hydrogen-bond donors (Lipinski definition) is 1. The van der Waals surface area contributed by atoms with E-state index < -0.39 is 15.5 Å². The van der Waals surface area contributed by atoms with Gasteiger partial charge in [-0.2, -0.15) is 0 Å². The minimum Gasteiger partial charge on any atom is -0.348 e. The summed E-state index contributed by atoms with van der Waals surface area (Å²) in [5, 5.41) is 25.9. The Bertz CT molecular complexity index is 970. The van der Waals surface area contributed by atoms with Crippen LogP contribution in [-0.2, 0) is 6.42 Å². The van der Waals surface area contributed by atoms with E-state index in [1.165, 1.54) is 12.3 Å². The summed E-state index contributed by atoms with van der Waals surface area (Å²) >= 11 is 0. The summed E-state index contributed by atoms with van der Waals surface area (Å²) < 4.78 is 0. The maximum absolute atomic E-state index is 11.4. The molecule has 0 radical (unpaired) electrons. The zero-order valence-electron chi connectivity index (χ0n) is 13.3. The van der Waals surface area contributed by atoms with Gasteiger partial charge in [-0.1, -0.05) is 19.1 Å². The first-order valence-electron chi connectivity index (χ1n) is 7.57. The van der Waals surface area contributed by atoms with Crippen molar-refractivity contribution >= 4 is 33.7 Å². The predicted molar refractivity (Wildman–Crippen MR) is 94.2 cm³/mol. The molecular formula is C17H14N4O4. The molecule has 2 aromatic carbocycles. The minimum absolute atomic E-state index is 0.135. The summed E-state index contributed by atoms with van der Waals surface area (Å²) in [6.07, 6.45) is 2.32. The third-order valence-electron chi connectivity index (χ3n) is 3.87. The van der Waals surface area contributed by atoms with Crippen LogP contribution < -0.4 is 5.32 Å². The predicted octanol–water partition coefficient (Wildman–Crippen LogP) is 4.36. The fraction of sp³-hybridized carbons (Fsp3) is 0.118. The van der Waals surface area contributed by atoms with Crippen LogP contribution in [0.1, 0.15) is 12.5 Å². The smallest absolute Gasteiger partial charge is 0.301 e. The highest BCUT2D eigenvalue weighted by Crippen LogP contribution is 2.39. The molecule has 0 amide bonds. The molecule has 3 aromatic rings. The Morgan fingerprint density at radius 2 is 1.72 bits per heavy atom. The van der Waals surface area contributed by atoms with Gasteiger partial charge in [-0.15, -0.1) is 0 Å².